The van der Waals surface area contributed by atoms with E-state index >= 15 is 0 Å². The number of anilines is 1. The van der Waals surface area contributed by atoms with Crippen molar-refractivity contribution in [1.29, 1.82) is 0 Å². The smallest absolute Gasteiger partial charge is 0.257 e. The van der Waals surface area contributed by atoms with E-state index in [1.54, 1.807) is 6.07 Å². The van der Waals surface area contributed by atoms with Gasteiger partial charge in [-0.05, 0) is 58.9 Å². The maximum Gasteiger partial charge on any atom is 0.257 e. The minimum Gasteiger partial charge on any atom is -0.302 e. The number of aromatic nitrogens is 2. The van der Waals surface area contributed by atoms with Crippen LogP contribution in [-0.2, 0) is 12.8 Å². The van der Waals surface area contributed by atoms with Crippen LogP contribution in [0.4, 0.5) is 5.82 Å². The molecule has 0 aliphatic heterocycles. The van der Waals surface area contributed by atoms with Gasteiger partial charge in [-0.15, -0.1) is 0 Å². The molecule has 0 atom stereocenters. The zero-order chi connectivity index (χ0) is 17.8. The maximum atomic E-state index is 12.6. The van der Waals surface area contributed by atoms with Gasteiger partial charge < -0.3 is 5.32 Å². The Kier molecular flexibility index (Phi) is 4.93. The van der Waals surface area contributed by atoms with Gasteiger partial charge in [0.15, 0.2) is 5.69 Å². The molecule has 0 fully saturated rings. The van der Waals surface area contributed by atoms with Crippen molar-refractivity contribution in [2.75, 3.05) is 5.32 Å². The Morgan fingerprint density at radius 2 is 1.88 bits per heavy atom. The second-order valence-corrected chi connectivity index (χ2v) is 5.93. The Morgan fingerprint density at radius 3 is 2.60 bits per heavy atom. The number of nitrogens with one attached hydrogen (secondary N) is 1. The summed E-state index contributed by atoms with van der Waals surface area (Å²) in [6.45, 7) is 6.09. The van der Waals surface area contributed by atoms with Crippen molar-refractivity contribution in [1.82, 2.24) is 10.3 Å². The van der Waals surface area contributed by atoms with Gasteiger partial charge in [-0.1, -0.05) is 44.2 Å². The predicted octanol–water partition coefficient (Wildman–Crippen LogP) is 4.42. The molecule has 0 radical (unpaired) electrons. The van der Waals surface area contributed by atoms with E-state index in [0.29, 0.717) is 17.1 Å². The largest absolute Gasteiger partial charge is 0.302 e. The molecule has 0 saturated heterocycles. The average Bonchev–Trinajstić information content (AvgIpc) is 3.09. The molecule has 5 nitrogen and oxygen atoms in total. The van der Waals surface area contributed by atoms with E-state index in [1.165, 1.54) is 5.56 Å². The van der Waals surface area contributed by atoms with Crippen LogP contribution in [0, 0.1) is 6.92 Å². The molecule has 0 unspecified atom stereocenters. The lowest BCUT2D eigenvalue weighted by Crippen LogP contribution is -2.14. The SMILES string of the molecule is CCc1ccc(CC)c(-c2nonc2NC(=O)c2ccccc2C)c1. The number of rotatable bonds is 5. The van der Waals surface area contributed by atoms with Crippen LogP contribution < -0.4 is 5.32 Å². The number of aryl methyl sites for hydroxylation is 3. The van der Waals surface area contributed by atoms with E-state index in [-0.39, 0.29) is 5.91 Å². The van der Waals surface area contributed by atoms with Crippen molar-refractivity contribution in [3.63, 3.8) is 0 Å². The molecule has 0 aliphatic carbocycles. The lowest BCUT2D eigenvalue weighted by atomic mass is 9.98. The van der Waals surface area contributed by atoms with Crippen molar-refractivity contribution < 1.29 is 9.42 Å². The zero-order valence-electron chi connectivity index (χ0n) is 14.7. The Hall–Kier alpha value is -2.95. The summed E-state index contributed by atoms with van der Waals surface area (Å²) in [5, 5.41) is 10.8. The molecule has 1 heterocycles. The van der Waals surface area contributed by atoms with Gasteiger partial charge in [0, 0.05) is 11.1 Å². The molecule has 5 heteroatoms. The maximum absolute atomic E-state index is 12.6. The molecule has 1 amide bonds. The van der Waals surface area contributed by atoms with E-state index in [0.717, 1.165) is 29.5 Å². The highest BCUT2D eigenvalue weighted by molar-refractivity contribution is 6.06. The molecule has 2 aromatic carbocycles. The van der Waals surface area contributed by atoms with E-state index in [2.05, 4.69) is 47.7 Å². The molecule has 3 rings (SSSR count). The fraction of sp³-hybridized carbons (Fsp3) is 0.250. The average molecular weight is 335 g/mol. The monoisotopic (exact) mass is 335 g/mol. The fourth-order valence-electron chi connectivity index (χ4n) is 2.82. The summed E-state index contributed by atoms with van der Waals surface area (Å²) in [6, 6.07) is 13.7. The van der Waals surface area contributed by atoms with Gasteiger partial charge in [-0.2, -0.15) is 0 Å². The molecule has 0 saturated carbocycles. The number of benzene rings is 2. The van der Waals surface area contributed by atoms with Crippen LogP contribution in [0.2, 0.25) is 0 Å². The van der Waals surface area contributed by atoms with Crippen LogP contribution >= 0.6 is 0 Å². The lowest BCUT2D eigenvalue weighted by molar-refractivity contribution is 0.102. The third kappa shape index (κ3) is 3.45. The Bertz CT molecular complexity index is 899. The number of nitrogens with zero attached hydrogens (tertiary/aromatic N) is 2. The fourth-order valence-corrected chi connectivity index (χ4v) is 2.82. The van der Waals surface area contributed by atoms with E-state index in [4.69, 9.17) is 4.63 Å². The van der Waals surface area contributed by atoms with Crippen molar-refractivity contribution in [2.24, 2.45) is 0 Å². The third-order valence-corrected chi connectivity index (χ3v) is 4.33. The van der Waals surface area contributed by atoms with Gasteiger partial charge >= 0.3 is 0 Å². The molecule has 1 N–H and O–H groups in total. The van der Waals surface area contributed by atoms with Gasteiger partial charge in [0.1, 0.15) is 0 Å². The molecule has 1 aromatic heterocycles. The first-order chi connectivity index (χ1) is 12.1. The quantitative estimate of drug-likeness (QED) is 0.749. The number of amides is 1. The predicted molar refractivity (Wildman–Crippen MR) is 97.6 cm³/mol. The van der Waals surface area contributed by atoms with Crippen LogP contribution in [0.1, 0.15) is 40.9 Å². The topological polar surface area (TPSA) is 68.0 Å². The van der Waals surface area contributed by atoms with E-state index in [1.807, 2.05) is 25.1 Å². The summed E-state index contributed by atoms with van der Waals surface area (Å²) in [6.07, 6.45) is 1.78. The van der Waals surface area contributed by atoms with Crippen molar-refractivity contribution in [3.05, 3.63) is 64.7 Å². The molecule has 0 aliphatic rings. The summed E-state index contributed by atoms with van der Waals surface area (Å²) < 4.78 is 4.93. The normalized spacial score (nSPS) is 10.7. The zero-order valence-corrected chi connectivity index (χ0v) is 14.7. The summed E-state index contributed by atoms with van der Waals surface area (Å²) >= 11 is 0. The van der Waals surface area contributed by atoms with Crippen LogP contribution in [0.25, 0.3) is 11.3 Å². The van der Waals surface area contributed by atoms with Gasteiger partial charge in [0.05, 0.1) is 0 Å². The first-order valence-corrected chi connectivity index (χ1v) is 8.45. The molecule has 128 valence electrons. The van der Waals surface area contributed by atoms with E-state index in [9.17, 15) is 4.79 Å². The van der Waals surface area contributed by atoms with Crippen LogP contribution in [0.3, 0.4) is 0 Å². The molecule has 0 spiro atoms. The number of carbonyl (C=O) groups excluding carboxylic acids is 1. The highest BCUT2D eigenvalue weighted by atomic mass is 16.6. The number of hydrogen-bond donors (Lipinski definition) is 1. The Labute approximate surface area is 147 Å². The lowest BCUT2D eigenvalue weighted by Gasteiger charge is -2.09. The molecule has 0 bridgehead atoms. The van der Waals surface area contributed by atoms with Crippen molar-refractivity contribution >= 4 is 11.7 Å². The van der Waals surface area contributed by atoms with Crippen LogP contribution in [0.15, 0.2) is 47.1 Å². The van der Waals surface area contributed by atoms with E-state index < -0.39 is 0 Å². The van der Waals surface area contributed by atoms with Gasteiger partial charge in [0.2, 0.25) is 5.82 Å². The summed E-state index contributed by atoms with van der Waals surface area (Å²) in [5.41, 5.74) is 5.36. The highest BCUT2D eigenvalue weighted by Gasteiger charge is 2.19. The third-order valence-electron chi connectivity index (χ3n) is 4.33. The number of carbonyl (C=O) groups is 1. The summed E-state index contributed by atoms with van der Waals surface area (Å²) in [4.78, 5) is 12.6. The highest BCUT2D eigenvalue weighted by Crippen LogP contribution is 2.29. The van der Waals surface area contributed by atoms with Crippen molar-refractivity contribution in [2.45, 2.75) is 33.6 Å². The minimum absolute atomic E-state index is 0.222. The first-order valence-electron chi connectivity index (χ1n) is 8.45. The van der Waals surface area contributed by atoms with Crippen LogP contribution in [0.5, 0.6) is 0 Å². The molecule has 3 aromatic rings. The first kappa shape index (κ1) is 16.9. The van der Waals surface area contributed by atoms with Crippen LogP contribution in [-0.4, -0.2) is 16.2 Å². The summed E-state index contributed by atoms with van der Waals surface area (Å²) in [7, 11) is 0. The molecular formula is C20H21N3O2. The van der Waals surface area contributed by atoms with Gasteiger partial charge in [-0.25, -0.2) is 4.63 Å². The minimum atomic E-state index is -0.222. The number of hydrogen-bond acceptors (Lipinski definition) is 4. The summed E-state index contributed by atoms with van der Waals surface area (Å²) in [5.74, 6) is 0.121. The molecule has 25 heavy (non-hydrogen) atoms. The second-order valence-electron chi connectivity index (χ2n) is 5.93. The Morgan fingerprint density at radius 1 is 1.08 bits per heavy atom. The molecular weight excluding hydrogens is 314 g/mol. The van der Waals surface area contributed by atoms with Crippen molar-refractivity contribution in [3.8, 4) is 11.3 Å². The Balaban J connectivity index is 1.96. The van der Waals surface area contributed by atoms with Gasteiger partial charge in [-0.3, -0.25) is 4.79 Å². The van der Waals surface area contributed by atoms with Gasteiger partial charge in [0.25, 0.3) is 5.91 Å². The standard InChI is InChI=1S/C20H21N3O2/c1-4-14-10-11-15(5-2)17(12-14)18-19(23-25-22-18)21-20(24)16-9-7-6-8-13(16)3/h6-12H,4-5H2,1-3H3,(H,21,23,24). The second kappa shape index (κ2) is 7.30.